The minimum atomic E-state index is -2.02. The molecule has 41 heavy (non-hydrogen) atoms. The van der Waals surface area contributed by atoms with Crippen LogP contribution in [0.1, 0.15) is 86.8 Å². The smallest absolute Gasteiger partial charge is 0.338 e. The van der Waals surface area contributed by atoms with E-state index >= 15 is 0 Å². The Kier molecular flexibility index (Phi) is 11.6. The average Bonchev–Trinajstić information content (AvgIpc) is 2.87. The van der Waals surface area contributed by atoms with Gasteiger partial charge in [-0.05, 0) is 81.8 Å². The van der Waals surface area contributed by atoms with Gasteiger partial charge in [-0.15, -0.1) is 0 Å². The lowest BCUT2D eigenvalue weighted by Crippen LogP contribution is -2.43. The molecule has 0 radical (unpaired) electrons. The molecule has 0 N–H and O–H groups in total. The summed E-state index contributed by atoms with van der Waals surface area (Å²) in [6, 6.07) is 4.00. The second kappa shape index (κ2) is 14.5. The topological polar surface area (TPSA) is 77.4 Å². The highest BCUT2D eigenvalue weighted by Crippen LogP contribution is 2.38. The Bertz CT molecular complexity index is 1160. The van der Waals surface area contributed by atoms with Gasteiger partial charge in [0, 0.05) is 25.9 Å². The van der Waals surface area contributed by atoms with Gasteiger partial charge in [-0.1, -0.05) is 61.9 Å². The first-order chi connectivity index (χ1) is 19.3. The minimum absolute atomic E-state index is 0.0449. The zero-order valence-corrected chi connectivity index (χ0v) is 27.4. The summed E-state index contributed by atoms with van der Waals surface area (Å²) in [4.78, 5) is 33.5. The van der Waals surface area contributed by atoms with Crippen molar-refractivity contribution in [3.05, 3.63) is 58.7 Å². The fourth-order valence-corrected chi connectivity index (χ4v) is 6.27. The summed E-state index contributed by atoms with van der Waals surface area (Å²) in [6.07, 6.45) is 12.6. The minimum Gasteiger partial charge on any atom is -0.459 e. The molecule has 226 valence electrons. The molecule has 1 amide bonds. The molecule has 7 nitrogen and oxygen atoms in total. The largest absolute Gasteiger partial charge is 0.459 e. The molecule has 0 spiro atoms. The molecule has 1 saturated heterocycles. The van der Waals surface area contributed by atoms with E-state index in [9.17, 15) is 9.59 Å². The molecular weight excluding hydrogens is 532 g/mol. The maximum absolute atomic E-state index is 13.4. The van der Waals surface area contributed by atoms with Gasteiger partial charge in [0.2, 0.25) is 0 Å². The molecular formula is C33H50N2O5Si. The predicted molar refractivity (Wildman–Crippen MR) is 168 cm³/mol. The van der Waals surface area contributed by atoms with E-state index in [0.717, 1.165) is 49.0 Å². The second-order valence-electron chi connectivity index (χ2n) is 13.0. The van der Waals surface area contributed by atoms with Crippen LogP contribution in [0.2, 0.25) is 18.1 Å². The molecule has 0 bridgehead atoms. The lowest BCUT2D eigenvalue weighted by molar-refractivity contribution is -0.137. The molecule has 3 rings (SSSR count). The molecule has 0 aliphatic carbocycles. The zero-order chi connectivity index (χ0) is 30.2. The van der Waals surface area contributed by atoms with E-state index in [0.29, 0.717) is 30.5 Å². The monoisotopic (exact) mass is 582 g/mol. The van der Waals surface area contributed by atoms with Crippen molar-refractivity contribution in [2.75, 3.05) is 19.7 Å². The first-order valence-electron chi connectivity index (χ1n) is 15.1. The predicted octanol–water partition coefficient (Wildman–Crippen LogP) is 7.07. The number of esters is 1. The van der Waals surface area contributed by atoms with Gasteiger partial charge in [0.1, 0.15) is 6.10 Å². The summed E-state index contributed by atoms with van der Waals surface area (Å²) in [5.74, 6) is -0.384. The molecule has 0 aromatic heterocycles. The Hall–Kier alpha value is -2.71. The third-order valence-corrected chi connectivity index (χ3v) is 12.8. The molecule has 1 fully saturated rings. The summed E-state index contributed by atoms with van der Waals surface area (Å²) in [5.41, 5.74) is 3.95. The molecule has 2 atom stereocenters. The van der Waals surface area contributed by atoms with Gasteiger partial charge >= 0.3 is 5.97 Å². The first kappa shape index (κ1) is 32.8. The van der Waals surface area contributed by atoms with Crippen LogP contribution in [0.3, 0.4) is 0 Å². The third-order valence-electron chi connectivity index (χ3n) is 8.27. The number of ether oxygens (including phenoxy) is 1. The molecule has 2 heterocycles. The number of hydrogen-bond donors (Lipinski definition) is 0. The Morgan fingerprint density at radius 1 is 1.10 bits per heavy atom. The van der Waals surface area contributed by atoms with E-state index in [1.54, 1.807) is 0 Å². The highest BCUT2D eigenvalue weighted by molar-refractivity contribution is 6.74. The van der Waals surface area contributed by atoms with Gasteiger partial charge in [-0.25, -0.2) is 4.79 Å². The summed E-state index contributed by atoms with van der Waals surface area (Å²) in [6.45, 7) is 18.5. The molecule has 8 heteroatoms. The Morgan fingerprint density at radius 2 is 1.80 bits per heavy atom. The number of cyclic esters (lactones) is 1. The number of carbonyl (C=O) groups is 2. The van der Waals surface area contributed by atoms with Crippen LogP contribution in [0.5, 0.6) is 0 Å². The first-order valence-corrected chi connectivity index (χ1v) is 18.0. The fraction of sp³-hybridized carbons (Fsp3) is 0.606. The zero-order valence-electron chi connectivity index (χ0n) is 26.4. The molecule has 0 saturated carbocycles. The van der Waals surface area contributed by atoms with Crippen molar-refractivity contribution in [2.45, 2.75) is 110 Å². The van der Waals surface area contributed by atoms with Crippen molar-refractivity contribution in [1.82, 2.24) is 4.90 Å². The number of aryl methyl sites for hydroxylation is 2. The van der Waals surface area contributed by atoms with Crippen LogP contribution in [0.15, 0.2) is 41.6 Å². The third kappa shape index (κ3) is 9.67. The molecule has 2 aliphatic heterocycles. The van der Waals surface area contributed by atoms with Gasteiger partial charge in [-0.2, -0.15) is 0 Å². The van der Waals surface area contributed by atoms with Crippen molar-refractivity contribution in [2.24, 2.45) is 5.16 Å². The number of carbonyl (C=O) groups excluding carboxylic acids is 2. The van der Waals surface area contributed by atoms with Gasteiger partial charge in [0.05, 0.1) is 17.4 Å². The standard InChI is InChI=1S/C33H50N2O5Si/c1-24-20-25(2)31-27(21-24)22-28(34-38-23-30(36)35-18-10-9-11-19-35)15-13-17-29(40-41(7,8)33(4,5)6)16-12-14-26(3)39-32(31)37/h12-13,15-16,20-21,26,29H,9-11,14,17-19,22-23H2,1-8H3/b15-13+,16-12+,34-28?/t26-,29?/m1/s1. The van der Waals surface area contributed by atoms with Gasteiger partial charge in [-0.3, -0.25) is 4.79 Å². The van der Waals surface area contributed by atoms with Crippen LogP contribution >= 0.6 is 0 Å². The van der Waals surface area contributed by atoms with Crippen LogP contribution in [-0.2, 0) is 25.2 Å². The van der Waals surface area contributed by atoms with Gasteiger partial charge in [0.15, 0.2) is 14.9 Å². The SMILES string of the molecule is Cc1cc(C)c2c(c1)CC(=NOCC(=O)N1CCCCC1)/C=C/CC(O[Si](C)(C)C(C)(C)C)/C=C/C[C@@H](C)OC2=O. The Morgan fingerprint density at radius 3 is 2.49 bits per heavy atom. The van der Waals surface area contributed by atoms with Crippen LogP contribution in [0.4, 0.5) is 0 Å². The number of hydrogen-bond acceptors (Lipinski definition) is 6. The van der Waals surface area contributed by atoms with E-state index in [1.165, 1.54) is 0 Å². The molecule has 1 aromatic carbocycles. The molecule has 1 unspecified atom stereocenters. The lowest BCUT2D eigenvalue weighted by atomic mass is 9.95. The van der Waals surface area contributed by atoms with E-state index in [2.05, 4.69) is 57.2 Å². The van der Waals surface area contributed by atoms with Crippen LogP contribution < -0.4 is 0 Å². The van der Waals surface area contributed by atoms with Crippen molar-refractivity contribution < 1.29 is 23.6 Å². The van der Waals surface area contributed by atoms with Crippen LogP contribution in [0.25, 0.3) is 0 Å². The number of likely N-dealkylation sites (tertiary alicyclic amines) is 1. The van der Waals surface area contributed by atoms with E-state index in [4.69, 9.17) is 14.0 Å². The van der Waals surface area contributed by atoms with Gasteiger partial charge in [0.25, 0.3) is 5.91 Å². The van der Waals surface area contributed by atoms with Crippen molar-refractivity contribution in [3.63, 3.8) is 0 Å². The van der Waals surface area contributed by atoms with E-state index in [1.807, 2.05) is 43.9 Å². The normalized spacial score (nSPS) is 23.8. The summed E-state index contributed by atoms with van der Waals surface area (Å²) >= 11 is 0. The average molecular weight is 583 g/mol. The molecule has 2 aliphatic rings. The Labute approximate surface area is 248 Å². The van der Waals surface area contributed by atoms with Gasteiger partial charge < -0.3 is 18.9 Å². The maximum atomic E-state index is 13.4. The van der Waals surface area contributed by atoms with E-state index < -0.39 is 8.32 Å². The van der Waals surface area contributed by atoms with Crippen molar-refractivity contribution in [3.8, 4) is 0 Å². The summed E-state index contributed by atoms with van der Waals surface area (Å²) < 4.78 is 12.6. The number of allylic oxidation sites excluding steroid dienone is 1. The number of piperidine rings is 1. The lowest BCUT2D eigenvalue weighted by Gasteiger charge is -2.38. The molecule has 1 aromatic rings. The highest BCUT2D eigenvalue weighted by Gasteiger charge is 2.38. The summed E-state index contributed by atoms with van der Waals surface area (Å²) in [7, 11) is -2.02. The quantitative estimate of drug-likeness (QED) is 0.161. The summed E-state index contributed by atoms with van der Waals surface area (Å²) in [5, 5.41) is 4.48. The van der Waals surface area contributed by atoms with Crippen molar-refractivity contribution in [1.29, 1.82) is 0 Å². The van der Waals surface area contributed by atoms with Crippen LogP contribution in [0, 0.1) is 13.8 Å². The number of nitrogens with zero attached hydrogens (tertiary/aromatic N) is 2. The number of amides is 1. The maximum Gasteiger partial charge on any atom is 0.338 e. The number of fused-ring (bicyclic) bond motifs is 1. The Balaban J connectivity index is 1.92. The van der Waals surface area contributed by atoms with E-state index in [-0.39, 0.29) is 35.7 Å². The fourth-order valence-electron chi connectivity index (χ4n) is 4.98. The number of benzene rings is 1. The number of oxime groups is 1. The highest BCUT2D eigenvalue weighted by atomic mass is 28.4. The number of rotatable bonds is 5. The van der Waals surface area contributed by atoms with Crippen molar-refractivity contribution >= 4 is 25.9 Å². The second-order valence-corrected chi connectivity index (χ2v) is 17.8. The van der Waals surface area contributed by atoms with Crippen LogP contribution in [-0.4, -0.2) is 62.7 Å².